The fraction of sp³-hybridized carbons (Fsp3) is 0.200. The van der Waals surface area contributed by atoms with Gasteiger partial charge in [-0.1, -0.05) is 41.6 Å². The minimum atomic E-state index is -0.318. The monoisotopic (exact) mass is 355 g/mol. The molecule has 0 radical (unpaired) electrons. The van der Waals surface area contributed by atoms with E-state index in [1.807, 2.05) is 4.90 Å². The summed E-state index contributed by atoms with van der Waals surface area (Å²) in [6, 6.07) is 11.4. The largest absolute Gasteiger partial charge is 0.338 e. The minimum Gasteiger partial charge on any atom is -0.338 e. The van der Waals surface area contributed by atoms with Crippen LogP contribution in [0.3, 0.4) is 0 Å². The molecule has 0 unspecified atom stereocenters. The number of hydrogen-bond acceptors (Lipinski definition) is 4. The molecule has 3 rings (SSSR count). The van der Waals surface area contributed by atoms with E-state index in [0.29, 0.717) is 48.0 Å². The first-order valence-corrected chi connectivity index (χ1v) is 8.22. The number of rotatable bonds is 7. The number of hydrogen-bond donors (Lipinski definition) is 0. The SMILES string of the molecule is C=CCN(Cc1nc(-c2ccc(C)c(F)c2)no1)Cc1ccccc1F. The van der Waals surface area contributed by atoms with Crippen LogP contribution in [0.5, 0.6) is 0 Å². The van der Waals surface area contributed by atoms with Crippen LogP contribution in [-0.2, 0) is 13.1 Å². The van der Waals surface area contributed by atoms with E-state index in [1.54, 1.807) is 43.3 Å². The summed E-state index contributed by atoms with van der Waals surface area (Å²) in [6.07, 6.45) is 1.73. The van der Waals surface area contributed by atoms with Gasteiger partial charge in [-0.15, -0.1) is 6.58 Å². The van der Waals surface area contributed by atoms with Gasteiger partial charge in [-0.25, -0.2) is 8.78 Å². The normalized spacial score (nSPS) is 11.1. The van der Waals surface area contributed by atoms with Crippen LogP contribution >= 0.6 is 0 Å². The van der Waals surface area contributed by atoms with Crippen molar-refractivity contribution in [2.45, 2.75) is 20.0 Å². The molecule has 0 aliphatic carbocycles. The molecule has 0 fully saturated rings. The Hall–Kier alpha value is -2.86. The number of aromatic nitrogens is 2. The zero-order valence-corrected chi connectivity index (χ0v) is 14.5. The Morgan fingerprint density at radius 3 is 2.65 bits per heavy atom. The zero-order chi connectivity index (χ0) is 18.5. The molecule has 0 spiro atoms. The molecule has 0 saturated heterocycles. The number of benzene rings is 2. The Balaban J connectivity index is 1.75. The lowest BCUT2D eigenvalue weighted by Gasteiger charge is -2.18. The molecule has 0 aliphatic rings. The van der Waals surface area contributed by atoms with Crippen molar-refractivity contribution in [2.75, 3.05) is 6.54 Å². The van der Waals surface area contributed by atoms with Crippen LogP contribution in [0.15, 0.2) is 59.6 Å². The van der Waals surface area contributed by atoms with E-state index in [4.69, 9.17) is 4.52 Å². The average molecular weight is 355 g/mol. The molecule has 0 aliphatic heterocycles. The molecule has 0 bridgehead atoms. The topological polar surface area (TPSA) is 42.2 Å². The number of halogens is 2. The van der Waals surface area contributed by atoms with Crippen molar-refractivity contribution >= 4 is 0 Å². The van der Waals surface area contributed by atoms with E-state index in [1.165, 1.54) is 12.1 Å². The Bertz CT molecular complexity index is 908. The zero-order valence-electron chi connectivity index (χ0n) is 14.5. The molecule has 0 N–H and O–H groups in total. The van der Waals surface area contributed by atoms with Gasteiger partial charge in [0.2, 0.25) is 11.7 Å². The third-order valence-electron chi connectivity index (χ3n) is 4.00. The lowest BCUT2D eigenvalue weighted by Crippen LogP contribution is -2.23. The Morgan fingerprint density at radius 1 is 1.12 bits per heavy atom. The van der Waals surface area contributed by atoms with Gasteiger partial charge in [-0.05, 0) is 24.6 Å². The average Bonchev–Trinajstić information content (AvgIpc) is 3.08. The first-order valence-electron chi connectivity index (χ1n) is 8.22. The predicted molar refractivity (Wildman–Crippen MR) is 95.1 cm³/mol. The summed E-state index contributed by atoms with van der Waals surface area (Å²) >= 11 is 0. The van der Waals surface area contributed by atoms with E-state index in [2.05, 4.69) is 16.7 Å². The highest BCUT2D eigenvalue weighted by atomic mass is 19.1. The van der Waals surface area contributed by atoms with Crippen molar-refractivity contribution in [3.63, 3.8) is 0 Å². The van der Waals surface area contributed by atoms with Crippen molar-refractivity contribution < 1.29 is 13.3 Å². The standard InChI is InChI=1S/C20H19F2N3O/c1-3-10-25(12-16-6-4-5-7-17(16)21)13-19-23-20(24-26-19)15-9-8-14(2)18(22)11-15/h3-9,11H,1,10,12-13H2,2H3. The summed E-state index contributed by atoms with van der Waals surface area (Å²) in [5.74, 6) is 0.118. The summed E-state index contributed by atoms with van der Waals surface area (Å²) in [5.41, 5.74) is 1.68. The highest BCUT2D eigenvalue weighted by Gasteiger charge is 2.15. The number of nitrogens with zero attached hydrogens (tertiary/aromatic N) is 3. The van der Waals surface area contributed by atoms with Gasteiger partial charge in [0.15, 0.2) is 0 Å². The maximum Gasteiger partial charge on any atom is 0.241 e. The van der Waals surface area contributed by atoms with Crippen LogP contribution in [0.1, 0.15) is 17.0 Å². The first kappa shape index (κ1) is 17.9. The first-order chi connectivity index (χ1) is 12.6. The quantitative estimate of drug-likeness (QED) is 0.585. The third-order valence-corrected chi connectivity index (χ3v) is 4.00. The summed E-state index contributed by atoms with van der Waals surface area (Å²) in [4.78, 5) is 6.25. The van der Waals surface area contributed by atoms with E-state index in [-0.39, 0.29) is 11.6 Å². The van der Waals surface area contributed by atoms with Gasteiger partial charge in [0.05, 0.1) is 6.54 Å². The van der Waals surface area contributed by atoms with Crippen molar-refractivity contribution in [3.05, 3.63) is 83.8 Å². The van der Waals surface area contributed by atoms with Gasteiger partial charge >= 0.3 is 0 Å². The molecule has 0 saturated carbocycles. The highest BCUT2D eigenvalue weighted by Crippen LogP contribution is 2.20. The molecule has 6 heteroatoms. The predicted octanol–water partition coefficient (Wildman–Crippen LogP) is 4.51. The van der Waals surface area contributed by atoms with Crippen LogP contribution in [0.25, 0.3) is 11.4 Å². The molecular formula is C20H19F2N3O. The minimum absolute atomic E-state index is 0.261. The van der Waals surface area contributed by atoms with Gasteiger partial charge in [-0.3, -0.25) is 4.90 Å². The summed E-state index contributed by atoms with van der Waals surface area (Å²) < 4.78 is 32.9. The summed E-state index contributed by atoms with van der Waals surface area (Å²) in [6.45, 7) is 6.68. The highest BCUT2D eigenvalue weighted by molar-refractivity contribution is 5.54. The fourth-order valence-corrected chi connectivity index (χ4v) is 2.59. The Morgan fingerprint density at radius 2 is 1.92 bits per heavy atom. The molecule has 3 aromatic rings. The Kier molecular flexibility index (Phi) is 5.53. The van der Waals surface area contributed by atoms with E-state index in [0.717, 1.165) is 0 Å². The van der Waals surface area contributed by atoms with Gasteiger partial charge in [0.1, 0.15) is 11.6 Å². The van der Waals surface area contributed by atoms with Crippen LogP contribution in [0.2, 0.25) is 0 Å². The molecule has 26 heavy (non-hydrogen) atoms. The van der Waals surface area contributed by atoms with Crippen molar-refractivity contribution in [1.29, 1.82) is 0 Å². The maximum atomic E-state index is 13.9. The van der Waals surface area contributed by atoms with Crippen molar-refractivity contribution in [1.82, 2.24) is 15.0 Å². The molecule has 2 aromatic carbocycles. The second-order valence-electron chi connectivity index (χ2n) is 6.03. The molecule has 4 nitrogen and oxygen atoms in total. The van der Waals surface area contributed by atoms with Crippen LogP contribution < -0.4 is 0 Å². The molecule has 134 valence electrons. The smallest absolute Gasteiger partial charge is 0.241 e. The van der Waals surface area contributed by atoms with E-state index >= 15 is 0 Å². The molecule has 1 heterocycles. The lowest BCUT2D eigenvalue weighted by molar-refractivity contribution is 0.236. The number of aryl methyl sites for hydroxylation is 1. The van der Waals surface area contributed by atoms with E-state index in [9.17, 15) is 8.78 Å². The summed E-state index contributed by atoms with van der Waals surface area (Å²) in [5, 5.41) is 3.92. The molecule has 0 atom stereocenters. The second-order valence-corrected chi connectivity index (χ2v) is 6.03. The van der Waals surface area contributed by atoms with Crippen LogP contribution in [-0.4, -0.2) is 21.6 Å². The van der Waals surface area contributed by atoms with Gasteiger partial charge < -0.3 is 4.52 Å². The van der Waals surface area contributed by atoms with Crippen molar-refractivity contribution in [2.24, 2.45) is 0 Å². The van der Waals surface area contributed by atoms with Gasteiger partial charge in [0, 0.05) is 24.2 Å². The summed E-state index contributed by atoms with van der Waals surface area (Å²) in [7, 11) is 0. The van der Waals surface area contributed by atoms with Gasteiger partial charge in [-0.2, -0.15) is 4.98 Å². The molecule has 0 amide bonds. The molecular weight excluding hydrogens is 336 g/mol. The van der Waals surface area contributed by atoms with Crippen molar-refractivity contribution in [3.8, 4) is 11.4 Å². The van der Waals surface area contributed by atoms with Gasteiger partial charge in [0.25, 0.3) is 0 Å². The van der Waals surface area contributed by atoms with Crippen LogP contribution in [0, 0.1) is 18.6 Å². The molecule has 1 aromatic heterocycles. The maximum absolute atomic E-state index is 13.9. The fourth-order valence-electron chi connectivity index (χ4n) is 2.59. The Labute approximate surface area is 150 Å². The third kappa shape index (κ3) is 4.21. The lowest BCUT2D eigenvalue weighted by atomic mass is 10.1. The second kappa shape index (κ2) is 8.01. The van der Waals surface area contributed by atoms with Crippen LogP contribution in [0.4, 0.5) is 8.78 Å². The van der Waals surface area contributed by atoms with E-state index < -0.39 is 0 Å².